The van der Waals surface area contributed by atoms with Crippen LogP contribution < -0.4 is 5.32 Å². The van der Waals surface area contributed by atoms with Gasteiger partial charge in [0.1, 0.15) is 73.2 Å². The molecule has 0 spiro atoms. The Bertz CT molecular complexity index is 1970. The Hall–Kier alpha value is -2.51. The number of allylic oxidation sites excluding steroid dienone is 9. The Morgan fingerprint density at radius 3 is 1.11 bits per heavy atom. The largest absolute Gasteiger partial charge is 0.394 e. The number of rotatable bonds is 60. The first-order valence-corrected chi connectivity index (χ1v) is 38.5. The number of amides is 1. The molecule has 3 heterocycles. The van der Waals surface area contributed by atoms with Crippen LogP contribution in [0.4, 0.5) is 0 Å². The summed E-state index contributed by atoms with van der Waals surface area (Å²) in [4.78, 5) is 13.4. The van der Waals surface area contributed by atoms with Crippen LogP contribution in [-0.2, 0) is 33.2 Å². The summed E-state index contributed by atoms with van der Waals surface area (Å²) in [5, 5.41) is 121. The van der Waals surface area contributed by atoms with Gasteiger partial charge in [0.2, 0.25) is 5.91 Å². The van der Waals surface area contributed by atoms with Gasteiger partial charge in [-0.15, -0.1) is 0 Å². The molecule has 0 bridgehead atoms. The smallest absolute Gasteiger partial charge is 0.220 e. The molecule has 0 saturated carbocycles. The number of aliphatic hydroxyl groups is 11. The first kappa shape index (κ1) is 87.7. The average molecular weight is 1370 g/mol. The van der Waals surface area contributed by atoms with Crippen LogP contribution in [-0.4, -0.2) is 193 Å². The quantitative estimate of drug-likeness (QED) is 0.0199. The summed E-state index contributed by atoms with van der Waals surface area (Å²) in [5.74, 6) is -0.283. The molecule has 17 atom stereocenters. The molecule has 0 aromatic heterocycles. The van der Waals surface area contributed by atoms with Crippen LogP contribution in [0.25, 0.3) is 0 Å². The SMILES string of the molecule is CCCCCCC/C=C\C/C=C\C/C=C\CCCCCCCCCCCCCCCCCCCCC(=O)NC(COC1OC(CO)C(OC2OC(CO)C(OC3OC(CO)C(O)C(O)C3O)C(O)C2O)C(O)C1O)C(O)/C=C/CC/C=C/CCCCCCCCCCCCCC. The van der Waals surface area contributed by atoms with Crippen molar-refractivity contribution < 1.29 is 89.4 Å². The predicted octanol–water partition coefficient (Wildman–Crippen LogP) is 11.9. The van der Waals surface area contributed by atoms with Crippen molar-refractivity contribution in [3.05, 3.63) is 60.8 Å². The van der Waals surface area contributed by atoms with Gasteiger partial charge in [0.25, 0.3) is 0 Å². The van der Waals surface area contributed by atoms with Crippen molar-refractivity contribution in [1.29, 1.82) is 0 Å². The molecule has 3 saturated heterocycles. The summed E-state index contributed by atoms with van der Waals surface area (Å²) in [6, 6.07) is -0.991. The fourth-order valence-corrected chi connectivity index (χ4v) is 12.8. The minimum Gasteiger partial charge on any atom is -0.394 e. The highest BCUT2D eigenvalue weighted by Crippen LogP contribution is 2.33. The number of hydrogen-bond donors (Lipinski definition) is 12. The zero-order valence-corrected chi connectivity index (χ0v) is 59.6. The van der Waals surface area contributed by atoms with Crippen molar-refractivity contribution in [3.63, 3.8) is 0 Å². The fourth-order valence-electron chi connectivity index (χ4n) is 12.8. The molecule has 0 radical (unpaired) electrons. The molecule has 3 fully saturated rings. The van der Waals surface area contributed by atoms with Gasteiger partial charge >= 0.3 is 0 Å². The highest BCUT2D eigenvalue weighted by molar-refractivity contribution is 5.76. The van der Waals surface area contributed by atoms with E-state index < -0.39 is 124 Å². The lowest BCUT2D eigenvalue weighted by Gasteiger charge is -2.48. The monoisotopic (exact) mass is 1370 g/mol. The number of carbonyl (C=O) groups is 1. The minimum atomic E-state index is -1.98. The van der Waals surface area contributed by atoms with E-state index in [0.29, 0.717) is 12.8 Å². The summed E-state index contributed by atoms with van der Waals surface area (Å²) in [6.45, 7) is 1.73. The third-order valence-electron chi connectivity index (χ3n) is 19.0. The van der Waals surface area contributed by atoms with Gasteiger partial charge in [-0.1, -0.05) is 274 Å². The molecule has 19 heteroatoms. The molecule has 0 aliphatic carbocycles. The van der Waals surface area contributed by atoms with E-state index in [2.05, 4.69) is 67.8 Å². The van der Waals surface area contributed by atoms with Gasteiger partial charge in [-0.2, -0.15) is 0 Å². The Morgan fingerprint density at radius 1 is 0.375 bits per heavy atom. The third-order valence-corrected chi connectivity index (χ3v) is 19.0. The molecule has 19 nitrogen and oxygen atoms in total. The zero-order chi connectivity index (χ0) is 69.6. The van der Waals surface area contributed by atoms with Crippen molar-refractivity contribution >= 4 is 5.91 Å². The summed E-state index contributed by atoms with van der Waals surface area (Å²) in [6.07, 6.45) is 46.4. The summed E-state index contributed by atoms with van der Waals surface area (Å²) < 4.78 is 34.4. The topological polar surface area (TPSA) is 307 Å². The van der Waals surface area contributed by atoms with E-state index >= 15 is 0 Å². The molecule has 1 amide bonds. The molecule has 12 N–H and O–H groups in total. The minimum absolute atomic E-state index is 0.236. The lowest BCUT2D eigenvalue weighted by molar-refractivity contribution is -0.379. The Morgan fingerprint density at radius 2 is 0.698 bits per heavy atom. The maximum Gasteiger partial charge on any atom is 0.220 e. The van der Waals surface area contributed by atoms with Gasteiger partial charge in [0.15, 0.2) is 18.9 Å². The van der Waals surface area contributed by atoms with Crippen molar-refractivity contribution in [3.8, 4) is 0 Å². The Kier molecular flexibility index (Phi) is 53.0. The van der Waals surface area contributed by atoms with Crippen LogP contribution in [0.1, 0.15) is 290 Å². The maximum atomic E-state index is 13.4. The second-order valence-electron chi connectivity index (χ2n) is 27.5. The first-order valence-electron chi connectivity index (χ1n) is 38.5. The number of nitrogens with one attached hydrogen (secondary N) is 1. The third kappa shape index (κ3) is 38.5. The first-order chi connectivity index (χ1) is 46.8. The van der Waals surface area contributed by atoms with Crippen LogP contribution in [0.2, 0.25) is 0 Å². The average Bonchev–Trinajstić information content (AvgIpc) is 0.787. The van der Waals surface area contributed by atoms with Gasteiger partial charge in [0, 0.05) is 6.42 Å². The van der Waals surface area contributed by atoms with Crippen LogP contribution in [0.5, 0.6) is 0 Å². The maximum absolute atomic E-state index is 13.4. The summed E-state index contributed by atoms with van der Waals surface area (Å²) >= 11 is 0. The lowest BCUT2D eigenvalue weighted by Crippen LogP contribution is -2.66. The Labute approximate surface area is 579 Å². The molecule has 96 heavy (non-hydrogen) atoms. The van der Waals surface area contributed by atoms with Gasteiger partial charge in [-0.3, -0.25) is 4.79 Å². The van der Waals surface area contributed by atoms with Crippen molar-refractivity contribution in [2.75, 3.05) is 26.4 Å². The highest BCUT2D eigenvalue weighted by Gasteiger charge is 2.53. The van der Waals surface area contributed by atoms with Crippen LogP contribution >= 0.6 is 0 Å². The number of carbonyl (C=O) groups excluding carboxylic acids is 1. The molecule has 560 valence electrons. The van der Waals surface area contributed by atoms with Crippen molar-refractivity contribution in [2.24, 2.45) is 0 Å². The standard InChI is InChI=1S/C77H139NO18/c1-3-5-7-9-11-13-15-17-19-21-23-24-25-26-27-28-29-30-31-32-33-34-35-36-37-39-41-43-45-47-49-51-53-55-65(83)78-60(61(82)54-52-50-48-46-44-42-40-38-22-20-18-16-14-12-10-8-6-4-2)59-91-75-71(89)68(86)73(63(57-80)93-75)96-77-72(90)69(87)74(64(58-81)94-77)95-76-70(88)67(85)66(84)62(56-79)92-76/h15,17,21,23,25-26,44,46,52,54,60-64,66-77,79-82,84-90H,3-14,16,18-20,22,24,27-43,45,47-51,53,55-59H2,1-2H3,(H,78,83)/b17-15-,23-21-,26-25-,46-44+,54-52+. The normalized spacial score (nSPS) is 27.4. The summed E-state index contributed by atoms with van der Waals surface area (Å²) in [5.41, 5.74) is 0. The molecule has 3 aliphatic heterocycles. The molecule has 0 aromatic carbocycles. The zero-order valence-electron chi connectivity index (χ0n) is 59.6. The van der Waals surface area contributed by atoms with Crippen LogP contribution in [0.3, 0.4) is 0 Å². The second kappa shape index (κ2) is 58.0. The van der Waals surface area contributed by atoms with Gasteiger partial charge < -0.3 is 89.9 Å². The van der Waals surface area contributed by atoms with Gasteiger partial charge in [0.05, 0.1) is 38.6 Å². The van der Waals surface area contributed by atoms with E-state index in [4.69, 9.17) is 28.4 Å². The van der Waals surface area contributed by atoms with E-state index in [1.807, 2.05) is 6.08 Å². The number of unbranched alkanes of at least 4 members (excludes halogenated alkanes) is 36. The molecule has 3 rings (SSSR count). The molecular formula is C77H139NO18. The van der Waals surface area contributed by atoms with E-state index in [1.54, 1.807) is 6.08 Å². The molecule has 0 aromatic rings. The predicted molar refractivity (Wildman–Crippen MR) is 379 cm³/mol. The highest BCUT2D eigenvalue weighted by atomic mass is 16.8. The van der Waals surface area contributed by atoms with Gasteiger partial charge in [-0.05, 0) is 70.6 Å². The molecular weight excluding hydrogens is 1230 g/mol. The molecule has 17 unspecified atom stereocenters. The van der Waals surface area contributed by atoms with E-state index in [1.165, 1.54) is 205 Å². The van der Waals surface area contributed by atoms with E-state index in [0.717, 1.165) is 51.4 Å². The molecule has 3 aliphatic rings. The van der Waals surface area contributed by atoms with E-state index in [9.17, 15) is 61.0 Å². The number of aliphatic hydroxyl groups excluding tert-OH is 11. The summed E-state index contributed by atoms with van der Waals surface area (Å²) in [7, 11) is 0. The second-order valence-corrected chi connectivity index (χ2v) is 27.5. The van der Waals surface area contributed by atoms with Crippen LogP contribution in [0, 0.1) is 0 Å². The fraction of sp³-hybridized carbons (Fsp3) is 0.857. The van der Waals surface area contributed by atoms with E-state index in [-0.39, 0.29) is 18.9 Å². The van der Waals surface area contributed by atoms with Crippen molar-refractivity contribution in [2.45, 2.75) is 394 Å². The Balaban J connectivity index is 1.37. The van der Waals surface area contributed by atoms with Crippen LogP contribution in [0.15, 0.2) is 60.8 Å². The van der Waals surface area contributed by atoms with Crippen molar-refractivity contribution in [1.82, 2.24) is 5.32 Å². The number of hydrogen-bond acceptors (Lipinski definition) is 18. The number of ether oxygens (including phenoxy) is 6. The van der Waals surface area contributed by atoms with Gasteiger partial charge in [-0.25, -0.2) is 0 Å². The lowest BCUT2D eigenvalue weighted by atomic mass is 9.96.